The molecule has 5 nitrogen and oxygen atoms in total. The van der Waals surface area contributed by atoms with Crippen LogP contribution >= 0.6 is 22.9 Å². The summed E-state index contributed by atoms with van der Waals surface area (Å²) in [6.07, 6.45) is 0. The van der Waals surface area contributed by atoms with E-state index in [1.807, 2.05) is 31.3 Å². The predicted octanol–water partition coefficient (Wildman–Crippen LogP) is 0.780. The Balaban J connectivity index is 1.47. The van der Waals surface area contributed by atoms with Crippen LogP contribution in [0.25, 0.3) is 0 Å². The highest BCUT2D eigenvalue weighted by atomic mass is 35.5. The van der Waals surface area contributed by atoms with Crippen LogP contribution < -0.4 is 20.0 Å². The van der Waals surface area contributed by atoms with Crippen LogP contribution in [0.3, 0.4) is 0 Å². The number of likely N-dealkylation sites (N-methyl/N-ethyl adjacent to an activating group) is 2. The molecule has 1 saturated heterocycles. The SMILES string of the molecule is CC[NH+]1CCN(c2ccc(NC(=O)C[NH+](C)Cc3ccc(Cl)s3)cc2)CC1. The van der Waals surface area contributed by atoms with E-state index in [4.69, 9.17) is 11.6 Å². The lowest BCUT2D eigenvalue weighted by Gasteiger charge is -2.33. The number of carbonyl (C=O) groups is 1. The number of rotatable bonds is 7. The summed E-state index contributed by atoms with van der Waals surface area (Å²) >= 11 is 7.54. The molecular formula is C20H29ClN4OS+2. The Bertz CT molecular complexity index is 741. The Morgan fingerprint density at radius 1 is 1.22 bits per heavy atom. The van der Waals surface area contributed by atoms with Crippen molar-refractivity contribution < 1.29 is 14.6 Å². The molecule has 0 spiro atoms. The zero-order valence-electron chi connectivity index (χ0n) is 16.1. The molecule has 146 valence electrons. The van der Waals surface area contributed by atoms with Gasteiger partial charge in [0.15, 0.2) is 6.54 Å². The molecule has 27 heavy (non-hydrogen) atoms. The first-order valence-corrected chi connectivity index (χ1v) is 10.8. The first-order chi connectivity index (χ1) is 13.0. The van der Waals surface area contributed by atoms with Gasteiger partial charge in [-0.3, -0.25) is 4.79 Å². The van der Waals surface area contributed by atoms with E-state index >= 15 is 0 Å². The molecule has 1 aromatic heterocycles. The Morgan fingerprint density at radius 3 is 2.52 bits per heavy atom. The van der Waals surface area contributed by atoms with E-state index in [9.17, 15) is 4.79 Å². The van der Waals surface area contributed by atoms with Gasteiger partial charge in [0.2, 0.25) is 0 Å². The molecule has 1 amide bonds. The number of amides is 1. The van der Waals surface area contributed by atoms with Crippen LogP contribution in [0.15, 0.2) is 36.4 Å². The summed E-state index contributed by atoms with van der Waals surface area (Å²) in [5.74, 6) is 0.0306. The zero-order chi connectivity index (χ0) is 19.2. The Hall–Kier alpha value is -1.60. The maximum Gasteiger partial charge on any atom is 0.279 e. The van der Waals surface area contributed by atoms with Gasteiger partial charge in [-0.1, -0.05) is 11.6 Å². The van der Waals surface area contributed by atoms with Gasteiger partial charge in [-0.2, -0.15) is 0 Å². The fraction of sp³-hybridized carbons (Fsp3) is 0.450. The molecule has 0 aliphatic carbocycles. The predicted molar refractivity (Wildman–Crippen MR) is 113 cm³/mol. The minimum Gasteiger partial charge on any atom is -0.360 e. The molecule has 2 aromatic rings. The van der Waals surface area contributed by atoms with Gasteiger partial charge >= 0.3 is 0 Å². The molecule has 3 N–H and O–H groups in total. The van der Waals surface area contributed by atoms with Crippen LogP contribution in [0, 0.1) is 0 Å². The van der Waals surface area contributed by atoms with Gasteiger partial charge in [-0.15, -0.1) is 11.3 Å². The highest BCUT2D eigenvalue weighted by Crippen LogP contribution is 2.20. The topological polar surface area (TPSA) is 41.2 Å². The highest BCUT2D eigenvalue weighted by Gasteiger charge is 2.18. The number of quaternary nitrogens is 2. The second-order valence-corrected chi connectivity index (χ2v) is 9.00. The lowest BCUT2D eigenvalue weighted by Crippen LogP contribution is -3.14. The van der Waals surface area contributed by atoms with E-state index in [1.165, 1.54) is 30.2 Å². The van der Waals surface area contributed by atoms with E-state index in [-0.39, 0.29) is 5.91 Å². The van der Waals surface area contributed by atoms with Gasteiger partial charge in [0.25, 0.3) is 5.91 Å². The lowest BCUT2D eigenvalue weighted by molar-refractivity contribution is -0.898. The number of thiophene rings is 1. The summed E-state index contributed by atoms with van der Waals surface area (Å²) in [7, 11) is 2.02. The van der Waals surface area contributed by atoms with Crippen molar-refractivity contribution in [1.29, 1.82) is 0 Å². The first-order valence-electron chi connectivity index (χ1n) is 9.57. The minimum atomic E-state index is 0.0306. The van der Waals surface area contributed by atoms with E-state index in [0.29, 0.717) is 6.54 Å². The van der Waals surface area contributed by atoms with Crippen LogP contribution in [0.4, 0.5) is 11.4 Å². The van der Waals surface area contributed by atoms with Crippen molar-refractivity contribution in [2.24, 2.45) is 0 Å². The lowest BCUT2D eigenvalue weighted by atomic mass is 10.2. The fourth-order valence-corrected chi connectivity index (χ4v) is 4.68. The third-order valence-electron chi connectivity index (χ3n) is 5.05. The average Bonchev–Trinajstić information content (AvgIpc) is 3.07. The summed E-state index contributed by atoms with van der Waals surface area (Å²) < 4.78 is 0.792. The van der Waals surface area contributed by atoms with Crippen molar-refractivity contribution >= 4 is 40.2 Å². The molecule has 0 bridgehead atoms. The van der Waals surface area contributed by atoms with Crippen molar-refractivity contribution in [2.45, 2.75) is 13.5 Å². The zero-order valence-corrected chi connectivity index (χ0v) is 17.6. The summed E-state index contributed by atoms with van der Waals surface area (Å²) in [5.41, 5.74) is 2.09. The third-order valence-corrected chi connectivity index (χ3v) is 6.29. The molecule has 2 heterocycles. The minimum absolute atomic E-state index is 0.0306. The van der Waals surface area contributed by atoms with Crippen LogP contribution in [0.1, 0.15) is 11.8 Å². The van der Waals surface area contributed by atoms with Gasteiger partial charge in [-0.05, 0) is 43.3 Å². The second kappa shape index (κ2) is 9.55. The smallest absolute Gasteiger partial charge is 0.279 e. The second-order valence-electron chi connectivity index (χ2n) is 7.20. The molecule has 1 aliphatic heterocycles. The number of carbonyl (C=O) groups excluding carboxylic acids is 1. The molecule has 7 heteroatoms. The first kappa shape index (κ1) is 20.1. The van der Waals surface area contributed by atoms with E-state index in [1.54, 1.807) is 16.2 Å². The number of hydrogen-bond donors (Lipinski definition) is 3. The summed E-state index contributed by atoms with van der Waals surface area (Å²) in [6, 6.07) is 12.1. The largest absolute Gasteiger partial charge is 0.360 e. The van der Waals surface area contributed by atoms with Crippen molar-refractivity contribution in [3.63, 3.8) is 0 Å². The molecule has 0 saturated carbocycles. The van der Waals surface area contributed by atoms with Gasteiger partial charge in [0.05, 0.1) is 49.0 Å². The number of nitrogens with zero attached hydrogens (tertiary/aromatic N) is 1. The average molecular weight is 409 g/mol. The van der Waals surface area contributed by atoms with E-state index in [2.05, 4.69) is 29.3 Å². The van der Waals surface area contributed by atoms with Crippen molar-refractivity contribution in [1.82, 2.24) is 0 Å². The van der Waals surface area contributed by atoms with Crippen LogP contribution in [0.5, 0.6) is 0 Å². The standard InChI is InChI=1S/C20H27ClN4OS/c1-3-24-10-12-25(13-11-24)17-6-4-16(5-7-17)22-20(26)15-23(2)14-18-8-9-19(21)27-18/h4-9H,3,10-15H2,1-2H3,(H,22,26)/p+2. The Labute approximate surface area is 170 Å². The maximum atomic E-state index is 12.3. The normalized spacial score (nSPS) is 16.3. The Morgan fingerprint density at radius 2 is 1.93 bits per heavy atom. The summed E-state index contributed by atoms with van der Waals surface area (Å²) in [4.78, 5) is 18.7. The molecule has 1 unspecified atom stereocenters. The van der Waals surface area contributed by atoms with E-state index in [0.717, 1.165) is 34.6 Å². The fourth-order valence-electron chi connectivity index (χ4n) is 3.48. The van der Waals surface area contributed by atoms with Crippen molar-refractivity contribution in [3.05, 3.63) is 45.6 Å². The van der Waals surface area contributed by atoms with Crippen LogP contribution in [-0.4, -0.2) is 52.2 Å². The third kappa shape index (κ3) is 5.94. The van der Waals surface area contributed by atoms with Crippen molar-refractivity contribution in [3.8, 4) is 0 Å². The monoisotopic (exact) mass is 408 g/mol. The quantitative estimate of drug-likeness (QED) is 0.633. The van der Waals surface area contributed by atoms with Gasteiger partial charge in [0.1, 0.15) is 6.54 Å². The molecule has 0 radical (unpaired) electrons. The molecule has 1 aliphatic rings. The Kier molecular flexibility index (Phi) is 7.13. The number of anilines is 2. The van der Waals surface area contributed by atoms with Gasteiger partial charge < -0.3 is 20.0 Å². The molecule has 3 rings (SSSR count). The number of nitrogens with one attached hydrogen (secondary N) is 3. The van der Waals surface area contributed by atoms with E-state index < -0.39 is 0 Å². The number of piperazine rings is 1. The molecule has 1 atom stereocenters. The maximum absolute atomic E-state index is 12.3. The van der Waals surface area contributed by atoms with Crippen LogP contribution in [-0.2, 0) is 11.3 Å². The highest BCUT2D eigenvalue weighted by molar-refractivity contribution is 7.16. The molecule has 1 aromatic carbocycles. The van der Waals surface area contributed by atoms with Gasteiger partial charge in [0, 0.05) is 11.4 Å². The number of halogens is 1. The van der Waals surface area contributed by atoms with Crippen LogP contribution in [0.2, 0.25) is 4.34 Å². The summed E-state index contributed by atoms with van der Waals surface area (Å²) in [6.45, 7) is 9.26. The van der Waals surface area contributed by atoms with Crippen molar-refractivity contribution in [2.75, 3.05) is 56.5 Å². The number of hydrogen-bond acceptors (Lipinski definition) is 3. The molecule has 1 fully saturated rings. The van der Waals surface area contributed by atoms with Gasteiger partial charge in [-0.25, -0.2) is 0 Å². The number of benzene rings is 1. The summed E-state index contributed by atoms with van der Waals surface area (Å²) in [5, 5.41) is 3.01. The molecular weight excluding hydrogens is 380 g/mol.